The number of morpholine rings is 1. The lowest BCUT2D eigenvalue weighted by atomic mass is 10.0. The van der Waals surface area contributed by atoms with Crippen molar-refractivity contribution in [3.63, 3.8) is 0 Å². The zero-order chi connectivity index (χ0) is 17.9. The summed E-state index contributed by atoms with van der Waals surface area (Å²) in [7, 11) is 0. The first kappa shape index (κ1) is 16.5. The van der Waals surface area contributed by atoms with Crippen molar-refractivity contribution in [3.8, 4) is 11.6 Å². The molecule has 1 amide bonds. The third kappa shape index (κ3) is 3.25. The van der Waals surface area contributed by atoms with E-state index < -0.39 is 0 Å². The summed E-state index contributed by atoms with van der Waals surface area (Å²) in [6.07, 6.45) is 3.84. The summed E-state index contributed by atoms with van der Waals surface area (Å²) in [5, 5.41) is 12.8. The fourth-order valence-electron chi connectivity index (χ4n) is 2.99. The van der Waals surface area contributed by atoms with E-state index in [9.17, 15) is 4.79 Å². The average molecular weight is 353 g/mol. The minimum Gasteiger partial charge on any atom is -0.378 e. The first-order valence-electron chi connectivity index (χ1n) is 8.57. The van der Waals surface area contributed by atoms with Gasteiger partial charge in [0.15, 0.2) is 11.5 Å². The Kier molecular flexibility index (Phi) is 4.53. The molecule has 0 N–H and O–H groups in total. The monoisotopic (exact) mass is 353 g/mol. The Morgan fingerprint density at radius 2 is 1.96 bits per heavy atom. The summed E-state index contributed by atoms with van der Waals surface area (Å²) in [4.78, 5) is 22.9. The Bertz CT molecular complexity index is 906. The van der Waals surface area contributed by atoms with Crippen molar-refractivity contribution >= 4 is 11.6 Å². The van der Waals surface area contributed by atoms with Gasteiger partial charge in [-0.1, -0.05) is 6.92 Å². The third-order valence-electron chi connectivity index (χ3n) is 4.34. The van der Waals surface area contributed by atoms with Gasteiger partial charge >= 0.3 is 0 Å². The molecule has 4 rings (SSSR count). The summed E-state index contributed by atoms with van der Waals surface area (Å²) < 4.78 is 6.93. The van der Waals surface area contributed by atoms with Crippen LogP contribution >= 0.6 is 0 Å². The van der Waals surface area contributed by atoms with Crippen LogP contribution in [0.15, 0.2) is 30.6 Å². The van der Waals surface area contributed by atoms with Crippen LogP contribution in [0.2, 0.25) is 0 Å². The summed E-state index contributed by atoms with van der Waals surface area (Å²) in [5.41, 5.74) is 1.41. The lowest BCUT2D eigenvalue weighted by Gasteiger charge is -2.29. The standard InChI is InChI=1S/C17H19N7O2/c1-12(17(25)23-7-9-26-10-8-23)11-13-3-4-14-20-21-16(24(14)22-13)15-18-5-2-6-19-15/h2-6,12H,7-11H2,1H3. The van der Waals surface area contributed by atoms with Crippen molar-refractivity contribution in [2.75, 3.05) is 26.3 Å². The fourth-order valence-corrected chi connectivity index (χ4v) is 2.99. The second-order valence-electron chi connectivity index (χ2n) is 6.23. The smallest absolute Gasteiger partial charge is 0.225 e. The van der Waals surface area contributed by atoms with E-state index in [1.165, 1.54) is 0 Å². The molecular weight excluding hydrogens is 334 g/mol. The van der Waals surface area contributed by atoms with Crippen molar-refractivity contribution < 1.29 is 9.53 Å². The van der Waals surface area contributed by atoms with Crippen LogP contribution in [0.25, 0.3) is 17.3 Å². The molecule has 9 nitrogen and oxygen atoms in total. The van der Waals surface area contributed by atoms with Crippen LogP contribution in [0, 0.1) is 5.92 Å². The molecule has 134 valence electrons. The van der Waals surface area contributed by atoms with Gasteiger partial charge in [0.05, 0.1) is 18.9 Å². The summed E-state index contributed by atoms with van der Waals surface area (Å²) in [6, 6.07) is 5.46. The van der Waals surface area contributed by atoms with Gasteiger partial charge in [0.1, 0.15) is 0 Å². The number of amides is 1. The molecule has 26 heavy (non-hydrogen) atoms. The third-order valence-corrected chi connectivity index (χ3v) is 4.34. The van der Waals surface area contributed by atoms with E-state index in [1.54, 1.807) is 23.0 Å². The van der Waals surface area contributed by atoms with E-state index in [-0.39, 0.29) is 11.8 Å². The number of ether oxygens (including phenoxy) is 1. The summed E-state index contributed by atoms with van der Waals surface area (Å²) in [6.45, 7) is 4.43. The molecule has 3 aromatic rings. The van der Waals surface area contributed by atoms with Gasteiger partial charge in [-0.2, -0.15) is 9.61 Å². The summed E-state index contributed by atoms with van der Waals surface area (Å²) in [5.74, 6) is 0.910. The molecule has 0 radical (unpaired) electrons. The van der Waals surface area contributed by atoms with Gasteiger partial charge in [-0.05, 0) is 18.2 Å². The highest BCUT2D eigenvalue weighted by atomic mass is 16.5. The molecule has 9 heteroatoms. The van der Waals surface area contributed by atoms with Crippen LogP contribution in [0.5, 0.6) is 0 Å². The SMILES string of the molecule is CC(Cc1ccc2nnc(-c3ncccn3)n2n1)C(=O)N1CCOCC1. The Morgan fingerprint density at radius 1 is 1.19 bits per heavy atom. The topological polar surface area (TPSA) is 98.4 Å². The van der Waals surface area contributed by atoms with Gasteiger partial charge in [-0.25, -0.2) is 9.97 Å². The van der Waals surface area contributed by atoms with Crippen LogP contribution in [-0.2, 0) is 16.0 Å². The maximum absolute atomic E-state index is 12.6. The van der Waals surface area contributed by atoms with E-state index >= 15 is 0 Å². The van der Waals surface area contributed by atoms with E-state index in [2.05, 4.69) is 25.3 Å². The van der Waals surface area contributed by atoms with E-state index in [0.717, 1.165) is 5.69 Å². The van der Waals surface area contributed by atoms with Crippen LogP contribution < -0.4 is 0 Å². The first-order chi connectivity index (χ1) is 12.7. The molecule has 1 aliphatic heterocycles. The Hall–Kier alpha value is -2.94. The predicted molar refractivity (Wildman–Crippen MR) is 92.1 cm³/mol. The van der Waals surface area contributed by atoms with E-state index in [0.29, 0.717) is 50.0 Å². The molecule has 1 fully saturated rings. The Morgan fingerprint density at radius 3 is 2.73 bits per heavy atom. The number of aromatic nitrogens is 6. The molecule has 3 aromatic heterocycles. The number of rotatable bonds is 4. The highest BCUT2D eigenvalue weighted by Crippen LogP contribution is 2.15. The lowest BCUT2D eigenvalue weighted by Crippen LogP contribution is -2.43. The fraction of sp³-hybridized carbons (Fsp3) is 0.412. The molecule has 0 aromatic carbocycles. The van der Waals surface area contributed by atoms with Crippen molar-refractivity contribution in [3.05, 3.63) is 36.3 Å². The van der Waals surface area contributed by atoms with Crippen LogP contribution in [-0.4, -0.2) is 66.9 Å². The molecule has 1 saturated heterocycles. The maximum atomic E-state index is 12.6. The van der Waals surface area contributed by atoms with Gasteiger partial charge < -0.3 is 9.64 Å². The number of fused-ring (bicyclic) bond motifs is 1. The Balaban J connectivity index is 1.56. The van der Waals surface area contributed by atoms with Crippen LogP contribution in [0.1, 0.15) is 12.6 Å². The molecule has 1 atom stereocenters. The van der Waals surface area contributed by atoms with Crippen LogP contribution in [0.3, 0.4) is 0 Å². The maximum Gasteiger partial charge on any atom is 0.225 e. The molecular formula is C17H19N7O2. The zero-order valence-corrected chi connectivity index (χ0v) is 14.4. The second-order valence-corrected chi connectivity index (χ2v) is 6.23. The first-order valence-corrected chi connectivity index (χ1v) is 8.57. The largest absolute Gasteiger partial charge is 0.378 e. The van der Waals surface area contributed by atoms with Crippen molar-refractivity contribution in [1.29, 1.82) is 0 Å². The van der Waals surface area contributed by atoms with Crippen molar-refractivity contribution in [2.24, 2.45) is 5.92 Å². The van der Waals surface area contributed by atoms with Gasteiger partial charge in [-0.3, -0.25) is 4.79 Å². The number of hydrogen-bond acceptors (Lipinski definition) is 7. The molecule has 0 aliphatic carbocycles. The molecule has 0 saturated carbocycles. The van der Waals surface area contributed by atoms with Gasteiger partial charge in [0.2, 0.25) is 11.7 Å². The van der Waals surface area contributed by atoms with Gasteiger partial charge in [0.25, 0.3) is 0 Å². The van der Waals surface area contributed by atoms with Crippen LogP contribution in [0.4, 0.5) is 0 Å². The normalized spacial score (nSPS) is 16.0. The molecule has 0 spiro atoms. The van der Waals surface area contributed by atoms with Crippen molar-refractivity contribution in [2.45, 2.75) is 13.3 Å². The summed E-state index contributed by atoms with van der Waals surface area (Å²) >= 11 is 0. The second kappa shape index (κ2) is 7.12. The quantitative estimate of drug-likeness (QED) is 0.678. The zero-order valence-electron chi connectivity index (χ0n) is 14.4. The number of hydrogen-bond donors (Lipinski definition) is 0. The lowest BCUT2D eigenvalue weighted by molar-refractivity contribution is -0.139. The average Bonchev–Trinajstić information content (AvgIpc) is 3.12. The molecule has 1 unspecified atom stereocenters. The van der Waals surface area contributed by atoms with Crippen molar-refractivity contribution in [1.82, 2.24) is 34.7 Å². The van der Waals surface area contributed by atoms with E-state index in [1.807, 2.05) is 24.0 Å². The minimum absolute atomic E-state index is 0.130. The molecule has 4 heterocycles. The highest BCUT2D eigenvalue weighted by Gasteiger charge is 2.23. The Labute approximate surface area is 150 Å². The minimum atomic E-state index is -0.161. The molecule has 0 bridgehead atoms. The van der Waals surface area contributed by atoms with E-state index in [4.69, 9.17) is 4.74 Å². The molecule has 1 aliphatic rings. The predicted octanol–water partition coefficient (Wildman–Crippen LogP) is 0.619. The number of nitrogens with zero attached hydrogens (tertiary/aromatic N) is 7. The number of carbonyl (C=O) groups is 1. The number of carbonyl (C=O) groups excluding carboxylic acids is 1. The highest BCUT2D eigenvalue weighted by molar-refractivity contribution is 5.78. The van der Waals surface area contributed by atoms with Gasteiger partial charge in [0, 0.05) is 37.8 Å². The van der Waals surface area contributed by atoms with Gasteiger partial charge in [-0.15, -0.1) is 10.2 Å².